The third-order valence-corrected chi connectivity index (χ3v) is 8.25. The average molecular weight is 340 g/mol. The molecule has 0 radical (unpaired) electrons. The summed E-state index contributed by atoms with van der Waals surface area (Å²) in [7, 11) is -5.99. The van der Waals surface area contributed by atoms with Crippen molar-refractivity contribution >= 4 is 19.7 Å². The van der Waals surface area contributed by atoms with Gasteiger partial charge in [-0.15, -0.1) is 0 Å². The van der Waals surface area contributed by atoms with Crippen molar-refractivity contribution in [3.8, 4) is 0 Å². The Morgan fingerprint density at radius 2 is 1.81 bits per heavy atom. The minimum absolute atomic E-state index is 0.0867. The van der Waals surface area contributed by atoms with Gasteiger partial charge in [-0.25, -0.2) is 16.8 Å². The normalized spacial score (nSPS) is 23.8. The summed E-state index contributed by atoms with van der Waals surface area (Å²) in [6.45, 7) is 8.14. The summed E-state index contributed by atoms with van der Waals surface area (Å²) < 4.78 is 47.3. The van der Waals surface area contributed by atoms with Crippen LogP contribution in [0.5, 0.6) is 0 Å². The quantitative estimate of drug-likeness (QED) is 0.720. The van der Waals surface area contributed by atoms with Crippen molar-refractivity contribution in [1.82, 2.24) is 5.32 Å². The summed E-state index contributed by atoms with van der Waals surface area (Å²) in [5, 5.41) is 2.95. The van der Waals surface area contributed by atoms with Crippen molar-refractivity contribution in [2.75, 3.05) is 23.8 Å². The van der Waals surface area contributed by atoms with Crippen LogP contribution in [0.15, 0.2) is 0 Å². The predicted molar refractivity (Wildman–Crippen MR) is 86.9 cm³/mol. The molecule has 1 aliphatic rings. The molecule has 0 aromatic rings. The molecular weight excluding hydrogens is 310 g/mol. The molecule has 1 heterocycles. The highest BCUT2D eigenvalue weighted by Gasteiger charge is 2.34. The Morgan fingerprint density at radius 3 is 2.24 bits per heavy atom. The smallest absolute Gasteiger partial charge is 0.152 e. The van der Waals surface area contributed by atoms with Gasteiger partial charge < -0.3 is 5.32 Å². The molecule has 1 N–H and O–H groups in total. The standard InChI is InChI=1S/C14H29NO4S2/c1-11(2)15-9-13(6-8-21(18,19)12(3)4)14-5-7-20(16,17)10-14/h11-15H,5-10H2,1-4H3. The molecule has 1 fully saturated rings. The van der Waals surface area contributed by atoms with Crippen LogP contribution in [0.3, 0.4) is 0 Å². The van der Waals surface area contributed by atoms with Crippen molar-refractivity contribution in [1.29, 1.82) is 0 Å². The lowest BCUT2D eigenvalue weighted by molar-refractivity contribution is 0.327. The molecule has 0 saturated carbocycles. The zero-order valence-corrected chi connectivity index (χ0v) is 15.1. The molecule has 2 atom stereocenters. The van der Waals surface area contributed by atoms with E-state index in [1.165, 1.54) is 0 Å². The van der Waals surface area contributed by atoms with Crippen molar-refractivity contribution in [2.45, 2.75) is 51.8 Å². The molecule has 0 spiro atoms. The fourth-order valence-corrected chi connectivity index (χ4v) is 5.66. The number of nitrogens with one attached hydrogen (secondary N) is 1. The van der Waals surface area contributed by atoms with Gasteiger partial charge in [0.25, 0.3) is 0 Å². The predicted octanol–water partition coefficient (Wildman–Crippen LogP) is 1.25. The first-order chi connectivity index (χ1) is 9.53. The van der Waals surface area contributed by atoms with Gasteiger partial charge in [0.2, 0.25) is 0 Å². The SMILES string of the molecule is CC(C)NCC(CCS(=O)(=O)C(C)C)C1CCS(=O)(=O)C1. The van der Waals surface area contributed by atoms with E-state index < -0.39 is 19.7 Å². The summed E-state index contributed by atoms with van der Waals surface area (Å²) >= 11 is 0. The Balaban J connectivity index is 2.69. The number of hydrogen-bond donors (Lipinski definition) is 1. The third kappa shape index (κ3) is 6.24. The average Bonchev–Trinajstić information content (AvgIpc) is 2.69. The molecule has 0 aromatic heterocycles. The van der Waals surface area contributed by atoms with Crippen molar-refractivity contribution in [2.24, 2.45) is 11.8 Å². The zero-order valence-electron chi connectivity index (χ0n) is 13.5. The van der Waals surface area contributed by atoms with Crippen LogP contribution in [-0.2, 0) is 19.7 Å². The highest BCUT2D eigenvalue weighted by Crippen LogP contribution is 2.28. The fourth-order valence-electron chi connectivity index (χ4n) is 2.64. The van der Waals surface area contributed by atoms with Crippen LogP contribution in [0.2, 0.25) is 0 Å². The van der Waals surface area contributed by atoms with Gasteiger partial charge in [-0.05, 0) is 45.1 Å². The first-order valence-corrected chi connectivity index (χ1v) is 11.2. The van der Waals surface area contributed by atoms with Gasteiger partial charge in [0.05, 0.1) is 22.5 Å². The van der Waals surface area contributed by atoms with E-state index in [0.29, 0.717) is 25.4 Å². The summed E-state index contributed by atoms with van der Waals surface area (Å²) in [6, 6.07) is 0.312. The van der Waals surface area contributed by atoms with Crippen LogP contribution in [-0.4, -0.2) is 51.9 Å². The Labute approximate surface area is 129 Å². The van der Waals surface area contributed by atoms with E-state index in [1.807, 2.05) is 13.8 Å². The summed E-state index contributed by atoms with van der Waals surface area (Å²) in [5.41, 5.74) is 0. The minimum Gasteiger partial charge on any atom is -0.314 e. The van der Waals surface area contributed by atoms with Gasteiger partial charge in [-0.2, -0.15) is 0 Å². The van der Waals surface area contributed by atoms with Gasteiger partial charge in [0.15, 0.2) is 19.7 Å². The Bertz CT molecular complexity index is 523. The van der Waals surface area contributed by atoms with Crippen molar-refractivity contribution in [3.63, 3.8) is 0 Å². The molecule has 5 nitrogen and oxygen atoms in total. The molecule has 0 aliphatic carbocycles. The number of sulfone groups is 2. The van der Waals surface area contributed by atoms with Gasteiger partial charge in [0.1, 0.15) is 0 Å². The second kappa shape index (κ2) is 7.42. The maximum Gasteiger partial charge on any atom is 0.152 e. The van der Waals surface area contributed by atoms with E-state index >= 15 is 0 Å². The van der Waals surface area contributed by atoms with E-state index in [0.717, 1.165) is 0 Å². The maximum atomic E-state index is 12.0. The monoisotopic (exact) mass is 339 g/mol. The molecule has 0 bridgehead atoms. The van der Waals surface area contributed by atoms with Crippen molar-refractivity contribution in [3.05, 3.63) is 0 Å². The van der Waals surface area contributed by atoms with Gasteiger partial charge >= 0.3 is 0 Å². The summed E-state index contributed by atoms with van der Waals surface area (Å²) in [6.07, 6.45) is 1.20. The lowest BCUT2D eigenvalue weighted by Crippen LogP contribution is -2.34. The zero-order chi connectivity index (χ0) is 16.3. The molecular formula is C14H29NO4S2. The Morgan fingerprint density at radius 1 is 1.19 bits per heavy atom. The molecule has 1 saturated heterocycles. The third-order valence-electron chi connectivity index (χ3n) is 4.21. The van der Waals surface area contributed by atoms with E-state index in [2.05, 4.69) is 5.32 Å². The van der Waals surface area contributed by atoms with Gasteiger partial charge in [-0.3, -0.25) is 0 Å². The van der Waals surface area contributed by atoms with E-state index in [1.54, 1.807) is 13.8 Å². The fraction of sp³-hybridized carbons (Fsp3) is 1.00. The lowest BCUT2D eigenvalue weighted by atomic mass is 9.89. The van der Waals surface area contributed by atoms with E-state index in [9.17, 15) is 16.8 Å². The molecule has 21 heavy (non-hydrogen) atoms. The van der Waals surface area contributed by atoms with Crippen LogP contribution < -0.4 is 5.32 Å². The molecule has 126 valence electrons. The topological polar surface area (TPSA) is 80.3 Å². The van der Waals surface area contributed by atoms with Crippen LogP contribution in [0.25, 0.3) is 0 Å². The van der Waals surface area contributed by atoms with Crippen LogP contribution in [0.4, 0.5) is 0 Å². The number of rotatable bonds is 8. The summed E-state index contributed by atoms with van der Waals surface area (Å²) in [4.78, 5) is 0. The summed E-state index contributed by atoms with van der Waals surface area (Å²) in [5.74, 6) is 0.791. The first-order valence-electron chi connectivity index (χ1n) is 7.69. The molecule has 1 aliphatic heterocycles. The molecule has 2 unspecified atom stereocenters. The lowest BCUT2D eigenvalue weighted by Gasteiger charge is -2.24. The van der Waals surface area contributed by atoms with Crippen LogP contribution in [0, 0.1) is 11.8 Å². The molecule has 0 amide bonds. The van der Waals surface area contributed by atoms with Gasteiger partial charge in [0, 0.05) is 6.04 Å². The molecule has 1 rings (SSSR count). The van der Waals surface area contributed by atoms with Crippen molar-refractivity contribution < 1.29 is 16.8 Å². The van der Waals surface area contributed by atoms with Crippen LogP contribution in [0.1, 0.15) is 40.5 Å². The van der Waals surface area contributed by atoms with E-state index in [4.69, 9.17) is 0 Å². The Kier molecular flexibility index (Phi) is 6.68. The largest absolute Gasteiger partial charge is 0.314 e. The highest BCUT2D eigenvalue weighted by molar-refractivity contribution is 7.92. The second-order valence-corrected chi connectivity index (χ2v) is 11.6. The minimum atomic E-state index is -3.07. The molecule has 7 heteroatoms. The van der Waals surface area contributed by atoms with Crippen LogP contribution >= 0.6 is 0 Å². The van der Waals surface area contributed by atoms with Gasteiger partial charge in [-0.1, -0.05) is 13.8 Å². The second-order valence-electron chi connectivity index (χ2n) is 6.69. The highest BCUT2D eigenvalue weighted by atomic mass is 32.2. The van der Waals surface area contributed by atoms with E-state index in [-0.39, 0.29) is 34.3 Å². The molecule has 0 aromatic carbocycles. The Hall–Kier alpha value is -0.140. The first kappa shape index (κ1) is 18.9. The maximum absolute atomic E-state index is 12.0. The number of hydrogen-bond acceptors (Lipinski definition) is 5.